The number of benzene rings is 2. The van der Waals surface area contributed by atoms with Gasteiger partial charge in [0.2, 0.25) is 0 Å². The third kappa shape index (κ3) is 4.29. The maximum atomic E-state index is 11.6. The largest absolute Gasteiger partial charge is 0.489 e. The number of halogens is 2. The van der Waals surface area contributed by atoms with E-state index in [1.54, 1.807) is 6.07 Å². The molecule has 4 nitrogen and oxygen atoms in total. The lowest BCUT2D eigenvalue weighted by atomic mass is 10.1. The molecule has 24 heavy (non-hydrogen) atoms. The summed E-state index contributed by atoms with van der Waals surface area (Å²) < 4.78 is 11.0. The van der Waals surface area contributed by atoms with Crippen molar-refractivity contribution in [2.75, 3.05) is 6.54 Å². The molecule has 0 spiro atoms. The molecular formula is C18H17Cl2NO3. The van der Waals surface area contributed by atoms with E-state index in [-0.39, 0.29) is 18.0 Å². The summed E-state index contributed by atoms with van der Waals surface area (Å²) in [6.07, 6.45) is 0.630. The Morgan fingerprint density at radius 3 is 2.71 bits per heavy atom. The number of ether oxygens (including phenoxy) is 1. The van der Waals surface area contributed by atoms with Gasteiger partial charge in [-0.3, -0.25) is 0 Å². The summed E-state index contributed by atoms with van der Waals surface area (Å²) in [6.45, 7) is 0.865. The van der Waals surface area contributed by atoms with E-state index in [2.05, 4.69) is 0 Å². The van der Waals surface area contributed by atoms with Gasteiger partial charge in [0, 0.05) is 22.5 Å². The van der Waals surface area contributed by atoms with Gasteiger partial charge in [-0.25, -0.2) is 4.79 Å². The molecule has 1 aromatic heterocycles. The summed E-state index contributed by atoms with van der Waals surface area (Å²) in [6, 6.07) is 14.4. The number of fused-ring (bicyclic) bond motifs is 1. The van der Waals surface area contributed by atoms with Crippen molar-refractivity contribution in [1.82, 2.24) is 0 Å². The third-order valence-electron chi connectivity index (χ3n) is 3.51. The highest BCUT2D eigenvalue weighted by molar-refractivity contribution is 6.30. The Kier molecular flexibility index (Phi) is 6.26. The van der Waals surface area contributed by atoms with Crippen molar-refractivity contribution in [3.05, 3.63) is 75.1 Å². The standard InChI is InChI=1S/C18H16ClNO3.ClH/c19-14-3-1-2-12(8-14)11-22-15-4-5-16-13(6-7-20)9-18(21)23-17(16)10-15;/h1-5,8-10H,6-7,11,20H2;1H. The molecule has 0 aliphatic rings. The minimum atomic E-state index is -0.382. The topological polar surface area (TPSA) is 65.5 Å². The van der Waals surface area contributed by atoms with Gasteiger partial charge in [-0.2, -0.15) is 0 Å². The van der Waals surface area contributed by atoms with Gasteiger partial charge in [0.1, 0.15) is 17.9 Å². The highest BCUT2D eigenvalue weighted by Crippen LogP contribution is 2.24. The first-order chi connectivity index (χ1) is 11.2. The normalized spacial score (nSPS) is 10.4. The first kappa shape index (κ1) is 18.3. The van der Waals surface area contributed by atoms with Gasteiger partial charge < -0.3 is 14.9 Å². The average molecular weight is 366 g/mol. The fourth-order valence-corrected chi connectivity index (χ4v) is 2.67. The molecular weight excluding hydrogens is 349 g/mol. The van der Waals surface area contributed by atoms with Gasteiger partial charge in [-0.15, -0.1) is 12.4 Å². The van der Waals surface area contributed by atoms with Crippen LogP contribution in [0.2, 0.25) is 5.02 Å². The SMILES string of the molecule is Cl.NCCc1cc(=O)oc2cc(OCc3cccc(Cl)c3)ccc12. The molecule has 126 valence electrons. The number of hydrogen-bond donors (Lipinski definition) is 1. The molecule has 6 heteroatoms. The second-order valence-electron chi connectivity index (χ2n) is 5.21. The van der Waals surface area contributed by atoms with E-state index >= 15 is 0 Å². The highest BCUT2D eigenvalue weighted by Gasteiger charge is 2.07. The molecule has 0 unspecified atom stereocenters. The second kappa shape index (κ2) is 8.20. The predicted octanol–water partition coefficient (Wildman–Crippen LogP) is 3.95. The summed E-state index contributed by atoms with van der Waals surface area (Å²) in [4.78, 5) is 11.6. The van der Waals surface area contributed by atoms with E-state index in [0.29, 0.717) is 35.9 Å². The molecule has 0 amide bonds. The third-order valence-corrected chi connectivity index (χ3v) is 3.74. The van der Waals surface area contributed by atoms with Crippen molar-refractivity contribution in [3.63, 3.8) is 0 Å². The summed E-state index contributed by atoms with van der Waals surface area (Å²) in [5.41, 5.74) is 7.57. The quantitative estimate of drug-likeness (QED) is 0.695. The van der Waals surface area contributed by atoms with Gasteiger partial charge in [-0.05, 0) is 48.4 Å². The molecule has 3 aromatic rings. The van der Waals surface area contributed by atoms with Crippen LogP contribution in [0.25, 0.3) is 11.0 Å². The smallest absolute Gasteiger partial charge is 0.336 e. The van der Waals surface area contributed by atoms with Crippen molar-refractivity contribution in [2.45, 2.75) is 13.0 Å². The van der Waals surface area contributed by atoms with Crippen molar-refractivity contribution < 1.29 is 9.15 Å². The van der Waals surface area contributed by atoms with Crippen molar-refractivity contribution in [1.29, 1.82) is 0 Å². The molecule has 0 saturated heterocycles. The van der Waals surface area contributed by atoms with Crippen LogP contribution < -0.4 is 16.1 Å². The number of nitrogens with two attached hydrogens (primary N) is 1. The lowest BCUT2D eigenvalue weighted by molar-refractivity contribution is 0.306. The Labute approximate surface area is 150 Å². The molecule has 2 N–H and O–H groups in total. The zero-order chi connectivity index (χ0) is 16.2. The maximum absolute atomic E-state index is 11.6. The monoisotopic (exact) mass is 365 g/mol. The first-order valence-corrected chi connectivity index (χ1v) is 7.67. The molecule has 3 rings (SSSR count). The second-order valence-corrected chi connectivity index (χ2v) is 5.64. The fourth-order valence-electron chi connectivity index (χ4n) is 2.46. The fraction of sp³-hybridized carbons (Fsp3) is 0.167. The molecule has 0 aliphatic carbocycles. The summed E-state index contributed by atoms with van der Waals surface area (Å²) in [7, 11) is 0. The molecule has 2 aromatic carbocycles. The average Bonchev–Trinajstić information content (AvgIpc) is 2.53. The van der Waals surface area contributed by atoms with Crippen LogP contribution in [0.4, 0.5) is 0 Å². The Hall–Kier alpha value is -2.01. The molecule has 0 aliphatic heterocycles. The molecule has 0 bridgehead atoms. The van der Waals surface area contributed by atoms with E-state index in [1.165, 1.54) is 6.07 Å². The summed E-state index contributed by atoms with van der Waals surface area (Å²) in [5, 5.41) is 1.55. The minimum absolute atomic E-state index is 0. The Morgan fingerprint density at radius 1 is 1.12 bits per heavy atom. The Morgan fingerprint density at radius 2 is 1.96 bits per heavy atom. The highest BCUT2D eigenvalue weighted by atomic mass is 35.5. The van der Waals surface area contributed by atoms with E-state index in [4.69, 9.17) is 26.5 Å². The van der Waals surface area contributed by atoms with Crippen LogP contribution in [0.3, 0.4) is 0 Å². The number of hydrogen-bond acceptors (Lipinski definition) is 4. The van der Waals surface area contributed by atoms with Crippen LogP contribution in [-0.2, 0) is 13.0 Å². The molecule has 0 saturated carbocycles. The predicted molar refractivity (Wildman–Crippen MR) is 98.3 cm³/mol. The van der Waals surface area contributed by atoms with Crippen LogP contribution >= 0.6 is 24.0 Å². The van der Waals surface area contributed by atoms with Gasteiger partial charge >= 0.3 is 5.63 Å². The zero-order valence-corrected chi connectivity index (χ0v) is 14.4. The lowest BCUT2D eigenvalue weighted by Crippen LogP contribution is -2.07. The van der Waals surface area contributed by atoms with Crippen molar-refractivity contribution in [2.24, 2.45) is 5.73 Å². The van der Waals surface area contributed by atoms with E-state index in [1.807, 2.05) is 36.4 Å². The molecule has 0 radical (unpaired) electrons. The molecule has 0 fully saturated rings. The molecule has 1 heterocycles. The lowest BCUT2D eigenvalue weighted by Gasteiger charge is -2.09. The number of rotatable bonds is 5. The van der Waals surface area contributed by atoms with Crippen molar-refractivity contribution >= 4 is 35.0 Å². The van der Waals surface area contributed by atoms with Gasteiger partial charge in [0.15, 0.2) is 0 Å². The van der Waals surface area contributed by atoms with Gasteiger partial charge in [-0.1, -0.05) is 23.7 Å². The van der Waals surface area contributed by atoms with Crippen LogP contribution in [-0.4, -0.2) is 6.54 Å². The first-order valence-electron chi connectivity index (χ1n) is 7.30. The van der Waals surface area contributed by atoms with Gasteiger partial charge in [0.05, 0.1) is 0 Å². The van der Waals surface area contributed by atoms with E-state index < -0.39 is 0 Å². The van der Waals surface area contributed by atoms with Crippen LogP contribution in [0.15, 0.2) is 57.7 Å². The Balaban J connectivity index is 0.00000208. The summed E-state index contributed by atoms with van der Waals surface area (Å²) >= 11 is 5.95. The van der Waals surface area contributed by atoms with Crippen molar-refractivity contribution in [3.8, 4) is 5.75 Å². The Bertz CT molecular complexity index is 893. The van der Waals surface area contributed by atoms with Crippen LogP contribution in [0.5, 0.6) is 5.75 Å². The van der Waals surface area contributed by atoms with E-state index in [9.17, 15) is 4.79 Å². The maximum Gasteiger partial charge on any atom is 0.336 e. The van der Waals surface area contributed by atoms with Crippen LogP contribution in [0.1, 0.15) is 11.1 Å². The minimum Gasteiger partial charge on any atom is -0.489 e. The van der Waals surface area contributed by atoms with Crippen LogP contribution in [0, 0.1) is 0 Å². The van der Waals surface area contributed by atoms with E-state index in [0.717, 1.165) is 16.5 Å². The van der Waals surface area contributed by atoms with Gasteiger partial charge in [0.25, 0.3) is 0 Å². The summed E-state index contributed by atoms with van der Waals surface area (Å²) in [5.74, 6) is 0.630. The zero-order valence-electron chi connectivity index (χ0n) is 12.8. The molecule has 0 atom stereocenters.